The number of aliphatic hydroxyl groups is 1. The van der Waals surface area contributed by atoms with Crippen molar-refractivity contribution in [1.29, 1.82) is 0 Å². The number of fused-ring (bicyclic) bond motifs is 1. The maximum absolute atomic E-state index is 10.4. The van der Waals surface area contributed by atoms with E-state index in [-0.39, 0.29) is 12.6 Å². The Labute approximate surface area is 191 Å². The Morgan fingerprint density at radius 1 is 1.09 bits per heavy atom. The Kier molecular flexibility index (Phi) is 5.72. The summed E-state index contributed by atoms with van der Waals surface area (Å²) in [5.41, 5.74) is 6.35. The summed E-state index contributed by atoms with van der Waals surface area (Å²) in [5.74, 6) is 1.50. The van der Waals surface area contributed by atoms with E-state index in [1.807, 2.05) is 36.5 Å². The highest BCUT2D eigenvalue weighted by Crippen LogP contribution is 2.37. The molecule has 0 amide bonds. The molecule has 1 N–H and O–H groups in total. The van der Waals surface area contributed by atoms with Crippen LogP contribution >= 0.6 is 11.8 Å². The first-order chi connectivity index (χ1) is 15.7. The fourth-order valence-corrected chi connectivity index (χ4v) is 5.38. The smallest absolute Gasteiger partial charge is 0.212 e. The summed E-state index contributed by atoms with van der Waals surface area (Å²) in [6.07, 6.45) is 1.82. The topological polar surface area (TPSA) is 59.6 Å². The fourth-order valence-electron chi connectivity index (χ4n) is 4.32. The number of pyridine rings is 1. The predicted molar refractivity (Wildman–Crippen MR) is 132 cm³/mol. The number of rotatable bonds is 6. The molecule has 0 bridgehead atoms. The fraction of sp³-hybridized carbons (Fsp3) is 0.231. The summed E-state index contributed by atoms with van der Waals surface area (Å²) in [4.78, 5) is 9.40. The molecule has 0 saturated carbocycles. The molecule has 1 aliphatic heterocycles. The predicted octanol–water partition coefficient (Wildman–Crippen LogP) is 5.07. The number of nitrogens with zero attached hydrogens (tertiary/aromatic N) is 3. The van der Waals surface area contributed by atoms with Gasteiger partial charge in [-0.05, 0) is 25.1 Å². The van der Waals surface area contributed by atoms with Gasteiger partial charge in [0, 0.05) is 52.2 Å². The van der Waals surface area contributed by atoms with Crippen LogP contribution in [0.5, 0.6) is 5.88 Å². The molecule has 4 aromatic rings. The van der Waals surface area contributed by atoms with Gasteiger partial charge in [-0.1, -0.05) is 42.0 Å². The molecule has 1 aliphatic rings. The van der Waals surface area contributed by atoms with Crippen molar-refractivity contribution in [2.45, 2.75) is 26.1 Å². The molecule has 3 heterocycles. The molecule has 162 valence electrons. The van der Waals surface area contributed by atoms with Crippen molar-refractivity contribution < 1.29 is 9.84 Å². The van der Waals surface area contributed by atoms with Crippen LogP contribution in [0.1, 0.15) is 16.8 Å². The molecule has 0 radical (unpaired) electrons. The Hall–Kier alpha value is -3.09. The van der Waals surface area contributed by atoms with Crippen LogP contribution in [0.2, 0.25) is 0 Å². The highest BCUT2D eigenvalue weighted by Gasteiger charge is 2.24. The molecule has 0 fully saturated rings. The number of aliphatic imine (C=N–C) groups is 1. The average molecular weight is 444 g/mol. The van der Waals surface area contributed by atoms with Gasteiger partial charge in [-0.2, -0.15) is 0 Å². The summed E-state index contributed by atoms with van der Waals surface area (Å²) in [6, 6.07) is 20.8. The Morgan fingerprint density at radius 3 is 2.66 bits per heavy atom. The summed E-state index contributed by atoms with van der Waals surface area (Å²) < 4.78 is 7.46. The number of hydrogen-bond acceptors (Lipinski definition) is 5. The number of aliphatic hydroxyl groups excluding tert-OH is 1. The largest absolute Gasteiger partial charge is 0.481 e. The lowest BCUT2D eigenvalue weighted by molar-refractivity contribution is 0.271. The minimum Gasteiger partial charge on any atom is -0.481 e. The van der Waals surface area contributed by atoms with E-state index in [2.05, 4.69) is 46.8 Å². The SMILES string of the molecule is COc1ccc(-c2c(CO)n(CC3CSC(c4ccccc4)=N3)c3ccc(C)cc23)cn1. The van der Waals surface area contributed by atoms with Crippen molar-refractivity contribution in [2.75, 3.05) is 12.9 Å². The summed E-state index contributed by atoms with van der Waals surface area (Å²) in [5, 5.41) is 12.6. The number of thioether (sulfide) groups is 1. The second kappa shape index (κ2) is 8.81. The third-order valence-corrected chi connectivity index (χ3v) is 7.00. The third-order valence-electron chi connectivity index (χ3n) is 5.84. The molecule has 5 rings (SSSR count). The lowest BCUT2D eigenvalue weighted by Gasteiger charge is -2.13. The van der Waals surface area contributed by atoms with Crippen molar-refractivity contribution in [3.8, 4) is 17.0 Å². The lowest BCUT2D eigenvalue weighted by atomic mass is 10.0. The van der Waals surface area contributed by atoms with Crippen molar-refractivity contribution >= 4 is 27.7 Å². The maximum Gasteiger partial charge on any atom is 0.212 e. The Bertz CT molecular complexity index is 1280. The molecule has 32 heavy (non-hydrogen) atoms. The van der Waals surface area contributed by atoms with E-state index in [9.17, 15) is 5.11 Å². The Balaban J connectivity index is 1.58. The summed E-state index contributed by atoms with van der Waals surface area (Å²) in [7, 11) is 1.61. The first kappa shape index (κ1) is 20.8. The van der Waals surface area contributed by atoms with Crippen molar-refractivity contribution in [2.24, 2.45) is 4.99 Å². The molecular formula is C26H25N3O2S. The van der Waals surface area contributed by atoms with Crippen LogP contribution in [-0.2, 0) is 13.2 Å². The van der Waals surface area contributed by atoms with Gasteiger partial charge in [-0.15, -0.1) is 11.8 Å². The maximum atomic E-state index is 10.4. The van der Waals surface area contributed by atoms with Crippen molar-refractivity contribution in [3.05, 3.63) is 83.7 Å². The monoisotopic (exact) mass is 443 g/mol. The van der Waals surface area contributed by atoms with Crippen LogP contribution in [0, 0.1) is 6.92 Å². The van der Waals surface area contributed by atoms with Crippen molar-refractivity contribution in [1.82, 2.24) is 9.55 Å². The quantitative estimate of drug-likeness (QED) is 0.452. The minimum absolute atomic E-state index is 0.0514. The molecule has 0 spiro atoms. The van der Waals surface area contributed by atoms with Gasteiger partial charge in [0.2, 0.25) is 5.88 Å². The molecule has 1 atom stereocenters. The second-order valence-corrected chi connectivity index (χ2v) is 8.97. The van der Waals surface area contributed by atoms with Gasteiger partial charge >= 0.3 is 0 Å². The molecule has 6 heteroatoms. The van der Waals surface area contributed by atoms with Crippen molar-refractivity contribution in [3.63, 3.8) is 0 Å². The summed E-state index contributed by atoms with van der Waals surface area (Å²) in [6.45, 7) is 2.77. The van der Waals surface area contributed by atoms with Gasteiger partial charge in [-0.25, -0.2) is 4.98 Å². The van der Waals surface area contributed by atoms with Crippen LogP contribution in [0.25, 0.3) is 22.0 Å². The molecule has 2 aromatic carbocycles. The highest BCUT2D eigenvalue weighted by atomic mass is 32.2. The van der Waals surface area contributed by atoms with E-state index in [0.29, 0.717) is 5.88 Å². The van der Waals surface area contributed by atoms with E-state index in [1.54, 1.807) is 18.9 Å². The Morgan fingerprint density at radius 2 is 1.94 bits per heavy atom. The number of aryl methyl sites for hydroxylation is 1. The zero-order valence-corrected chi connectivity index (χ0v) is 19.0. The van der Waals surface area contributed by atoms with Gasteiger partial charge in [0.05, 0.1) is 30.5 Å². The third kappa shape index (κ3) is 3.80. The van der Waals surface area contributed by atoms with Crippen LogP contribution in [0.15, 0.2) is 71.9 Å². The lowest BCUT2D eigenvalue weighted by Crippen LogP contribution is -2.16. The molecule has 1 unspecified atom stereocenters. The molecule has 2 aromatic heterocycles. The van der Waals surface area contributed by atoms with Crippen LogP contribution in [0.4, 0.5) is 0 Å². The van der Waals surface area contributed by atoms with E-state index in [0.717, 1.165) is 45.1 Å². The number of hydrogen-bond donors (Lipinski definition) is 1. The zero-order valence-electron chi connectivity index (χ0n) is 18.2. The van der Waals surface area contributed by atoms with E-state index in [4.69, 9.17) is 9.73 Å². The zero-order chi connectivity index (χ0) is 22.1. The molecule has 0 saturated heterocycles. The van der Waals surface area contributed by atoms with Crippen LogP contribution in [0.3, 0.4) is 0 Å². The number of ether oxygens (including phenoxy) is 1. The van der Waals surface area contributed by atoms with Gasteiger partial charge in [0.15, 0.2) is 0 Å². The van der Waals surface area contributed by atoms with E-state index in [1.165, 1.54) is 11.1 Å². The van der Waals surface area contributed by atoms with Crippen LogP contribution in [-0.4, -0.2) is 38.6 Å². The number of benzene rings is 2. The van der Waals surface area contributed by atoms with E-state index >= 15 is 0 Å². The summed E-state index contributed by atoms with van der Waals surface area (Å²) >= 11 is 1.80. The normalized spacial score (nSPS) is 15.8. The highest BCUT2D eigenvalue weighted by molar-refractivity contribution is 8.14. The molecule has 5 nitrogen and oxygen atoms in total. The first-order valence-corrected chi connectivity index (χ1v) is 11.7. The second-order valence-electron chi connectivity index (χ2n) is 7.97. The van der Waals surface area contributed by atoms with E-state index < -0.39 is 0 Å². The molecular weight excluding hydrogens is 418 g/mol. The van der Waals surface area contributed by atoms with Gasteiger partial charge in [-0.3, -0.25) is 4.99 Å². The average Bonchev–Trinajstić information content (AvgIpc) is 3.42. The van der Waals surface area contributed by atoms with Gasteiger partial charge in [0.1, 0.15) is 0 Å². The first-order valence-electron chi connectivity index (χ1n) is 10.7. The van der Waals surface area contributed by atoms with Gasteiger partial charge < -0.3 is 14.4 Å². The van der Waals surface area contributed by atoms with Gasteiger partial charge in [0.25, 0.3) is 0 Å². The number of aromatic nitrogens is 2. The molecule has 0 aliphatic carbocycles. The standard InChI is InChI=1S/C26H25N3O2S/c1-17-8-10-22-21(12-17)25(19-9-11-24(31-2)27-13-19)23(15-30)29(22)14-20-16-32-26(28-20)18-6-4-3-5-7-18/h3-13,20,30H,14-16H2,1-2H3. The number of methoxy groups -OCH3 is 1. The van der Waals surface area contributed by atoms with Crippen LogP contribution < -0.4 is 4.74 Å². The minimum atomic E-state index is -0.0514.